The fourth-order valence-corrected chi connectivity index (χ4v) is 3.72. The van der Waals surface area contributed by atoms with Gasteiger partial charge in [-0.2, -0.15) is 8.42 Å². The molecular weight excluding hydrogens is 370 g/mol. The van der Waals surface area contributed by atoms with Gasteiger partial charge in [0.1, 0.15) is 17.7 Å². The Hall–Kier alpha value is -1.72. The number of aromatic nitrogens is 1. The number of carboxylic acid groups (broad SMARTS) is 1. The van der Waals surface area contributed by atoms with Crippen molar-refractivity contribution in [2.24, 2.45) is 5.92 Å². The summed E-state index contributed by atoms with van der Waals surface area (Å²) in [5.41, 5.74) is 0.615. The first-order chi connectivity index (χ1) is 11.6. The number of carbonyl (C=O) groups excluding carboxylic acids is 1. The Kier molecular flexibility index (Phi) is 6.01. The Morgan fingerprint density at radius 2 is 2.12 bits per heavy atom. The minimum absolute atomic E-state index is 0.141. The lowest BCUT2D eigenvalue weighted by atomic mass is 10.0. The fourth-order valence-electron chi connectivity index (χ4n) is 2.63. The SMILES string of the molecule is CC(C)[C@@H](C(=O)O)N1CCN(Cc2csc(COS(C)(=O)=O)n2)C1=O. The van der Waals surface area contributed by atoms with E-state index in [1.165, 1.54) is 21.1 Å². The molecule has 2 amide bonds. The molecule has 0 bridgehead atoms. The predicted octanol–water partition coefficient (Wildman–Crippen LogP) is 0.966. The standard InChI is InChI=1S/C14H21N3O6S2/c1-9(2)12(13(18)19)17-5-4-16(14(17)20)6-10-8-24-11(15-10)7-23-25(3,21)22/h8-9,12H,4-7H2,1-3H3,(H,18,19)/t12-/m0/s1. The third-order valence-electron chi connectivity index (χ3n) is 3.70. The quantitative estimate of drug-likeness (QED) is 0.656. The van der Waals surface area contributed by atoms with Crippen LogP contribution in [-0.4, -0.2) is 65.7 Å². The number of nitrogens with zero attached hydrogens (tertiary/aromatic N) is 3. The van der Waals surface area contributed by atoms with E-state index in [1.54, 1.807) is 19.2 Å². The molecule has 0 unspecified atom stereocenters. The summed E-state index contributed by atoms with van der Waals surface area (Å²) >= 11 is 1.25. The molecule has 0 radical (unpaired) electrons. The summed E-state index contributed by atoms with van der Waals surface area (Å²) in [6.45, 7) is 4.41. The average molecular weight is 391 g/mol. The number of carbonyl (C=O) groups is 2. The number of rotatable bonds is 8. The maximum Gasteiger partial charge on any atom is 0.326 e. The fraction of sp³-hybridized carbons (Fsp3) is 0.643. The van der Waals surface area contributed by atoms with Crippen LogP contribution < -0.4 is 0 Å². The van der Waals surface area contributed by atoms with E-state index >= 15 is 0 Å². The zero-order chi connectivity index (χ0) is 18.8. The highest BCUT2D eigenvalue weighted by molar-refractivity contribution is 7.85. The van der Waals surface area contributed by atoms with Crippen molar-refractivity contribution in [3.05, 3.63) is 16.1 Å². The lowest BCUT2D eigenvalue weighted by molar-refractivity contribution is -0.143. The molecule has 140 valence electrons. The molecule has 2 rings (SSSR count). The summed E-state index contributed by atoms with van der Waals surface area (Å²) < 4.78 is 26.7. The highest BCUT2D eigenvalue weighted by atomic mass is 32.2. The van der Waals surface area contributed by atoms with E-state index < -0.39 is 22.1 Å². The largest absolute Gasteiger partial charge is 0.480 e. The summed E-state index contributed by atoms with van der Waals surface area (Å²) in [4.78, 5) is 31.0. The van der Waals surface area contributed by atoms with E-state index in [0.717, 1.165) is 6.26 Å². The molecule has 1 aromatic heterocycles. The van der Waals surface area contributed by atoms with E-state index in [0.29, 0.717) is 23.8 Å². The van der Waals surface area contributed by atoms with Crippen molar-refractivity contribution >= 4 is 33.5 Å². The first kappa shape index (κ1) is 19.6. The van der Waals surface area contributed by atoms with E-state index in [9.17, 15) is 23.1 Å². The van der Waals surface area contributed by atoms with Crippen molar-refractivity contribution in [2.75, 3.05) is 19.3 Å². The number of urea groups is 1. The minimum atomic E-state index is -3.54. The molecule has 1 aliphatic heterocycles. The number of amides is 2. The summed E-state index contributed by atoms with van der Waals surface area (Å²) in [5, 5.41) is 11.6. The van der Waals surface area contributed by atoms with Crippen LogP contribution in [0.3, 0.4) is 0 Å². The smallest absolute Gasteiger partial charge is 0.326 e. The van der Waals surface area contributed by atoms with Crippen LogP contribution in [0.4, 0.5) is 4.79 Å². The van der Waals surface area contributed by atoms with Gasteiger partial charge in [0.15, 0.2) is 0 Å². The lowest BCUT2D eigenvalue weighted by Crippen LogP contribution is -2.46. The molecule has 1 N–H and O–H groups in total. The molecule has 0 saturated carbocycles. The summed E-state index contributed by atoms with van der Waals surface area (Å²) in [7, 11) is -3.54. The summed E-state index contributed by atoms with van der Waals surface area (Å²) in [5.74, 6) is -1.21. The van der Waals surface area contributed by atoms with Crippen molar-refractivity contribution in [1.29, 1.82) is 0 Å². The van der Waals surface area contributed by atoms with Crippen LogP contribution in [-0.2, 0) is 32.2 Å². The first-order valence-corrected chi connectivity index (χ1v) is 10.3. The molecule has 0 aromatic carbocycles. The lowest BCUT2D eigenvalue weighted by Gasteiger charge is -2.27. The van der Waals surface area contributed by atoms with Gasteiger partial charge >= 0.3 is 12.0 Å². The van der Waals surface area contributed by atoms with Crippen LogP contribution >= 0.6 is 11.3 Å². The van der Waals surface area contributed by atoms with Gasteiger partial charge in [0, 0.05) is 18.5 Å². The second kappa shape index (κ2) is 7.67. The molecule has 0 aliphatic carbocycles. The van der Waals surface area contributed by atoms with Gasteiger partial charge in [0.05, 0.1) is 18.5 Å². The number of thiazole rings is 1. The van der Waals surface area contributed by atoms with E-state index in [4.69, 9.17) is 0 Å². The molecule has 11 heteroatoms. The van der Waals surface area contributed by atoms with Gasteiger partial charge in [-0.1, -0.05) is 13.8 Å². The van der Waals surface area contributed by atoms with Crippen LogP contribution in [0.2, 0.25) is 0 Å². The molecule has 1 atom stereocenters. The second-order valence-corrected chi connectivity index (χ2v) is 8.71. The number of hydrogen-bond donors (Lipinski definition) is 1. The highest BCUT2D eigenvalue weighted by Gasteiger charge is 2.38. The monoisotopic (exact) mass is 391 g/mol. The van der Waals surface area contributed by atoms with Gasteiger partial charge in [-0.25, -0.2) is 14.6 Å². The van der Waals surface area contributed by atoms with E-state index in [-0.39, 0.29) is 25.1 Å². The van der Waals surface area contributed by atoms with Gasteiger partial charge < -0.3 is 14.9 Å². The highest BCUT2D eigenvalue weighted by Crippen LogP contribution is 2.21. The molecule has 1 aliphatic rings. The van der Waals surface area contributed by atoms with Crippen LogP contribution in [0.15, 0.2) is 5.38 Å². The van der Waals surface area contributed by atoms with Crippen LogP contribution in [0.1, 0.15) is 24.5 Å². The maximum atomic E-state index is 12.5. The molecule has 1 fully saturated rings. The third-order valence-corrected chi connectivity index (χ3v) is 5.11. The van der Waals surface area contributed by atoms with Gasteiger partial charge in [-0.3, -0.25) is 4.18 Å². The van der Waals surface area contributed by atoms with E-state index in [1.807, 2.05) is 0 Å². The zero-order valence-corrected chi connectivity index (χ0v) is 15.8. The first-order valence-electron chi connectivity index (χ1n) is 7.64. The molecule has 0 spiro atoms. The van der Waals surface area contributed by atoms with E-state index in [2.05, 4.69) is 9.17 Å². The molecule has 9 nitrogen and oxygen atoms in total. The molecule has 25 heavy (non-hydrogen) atoms. The Morgan fingerprint density at radius 3 is 2.68 bits per heavy atom. The molecule has 1 saturated heterocycles. The third kappa shape index (κ3) is 5.13. The molecule has 1 aromatic rings. The van der Waals surface area contributed by atoms with Gasteiger partial charge in [-0.15, -0.1) is 11.3 Å². The van der Waals surface area contributed by atoms with Crippen LogP contribution in [0.5, 0.6) is 0 Å². The number of hydrogen-bond acceptors (Lipinski definition) is 7. The maximum absolute atomic E-state index is 12.5. The number of aliphatic carboxylic acids is 1. The Bertz CT molecular complexity index is 746. The average Bonchev–Trinajstić information content (AvgIpc) is 3.06. The van der Waals surface area contributed by atoms with Crippen molar-refractivity contribution in [3.63, 3.8) is 0 Å². The Morgan fingerprint density at radius 1 is 1.44 bits per heavy atom. The van der Waals surface area contributed by atoms with Crippen LogP contribution in [0, 0.1) is 5.92 Å². The topological polar surface area (TPSA) is 117 Å². The Balaban J connectivity index is 1.99. The summed E-state index contributed by atoms with van der Waals surface area (Å²) in [6, 6.07) is -1.19. The number of carboxylic acids is 1. The molecular formula is C14H21N3O6S2. The normalized spacial score (nSPS) is 16.7. The van der Waals surface area contributed by atoms with Crippen molar-refractivity contribution in [3.8, 4) is 0 Å². The van der Waals surface area contributed by atoms with Crippen molar-refractivity contribution in [2.45, 2.75) is 33.0 Å². The van der Waals surface area contributed by atoms with Gasteiger partial charge in [0.2, 0.25) is 0 Å². The Labute approximate surface area is 150 Å². The molecule has 2 heterocycles. The van der Waals surface area contributed by atoms with Crippen molar-refractivity contribution in [1.82, 2.24) is 14.8 Å². The predicted molar refractivity (Wildman–Crippen MR) is 90.5 cm³/mol. The zero-order valence-electron chi connectivity index (χ0n) is 14.2. The van der Waals surface area contributed by atoms with Crippen LogP contribution in [0.25, 0.3) is 0 Å². The summed E-state index contributed by atoms with van der Waals surface area (Å²) in [6.07, 6.45) is 0.965. The van der Waals surface area contributed by atoms with Gasteiger partial charge in [-0.05, 0) is 5.92 Å². The van der Waals surface area contributed by atoms with Gasteiger partial charge in [0.25, 0.3) is 10.1 Å². The second-order valence-electron chi connectivity index (χ2n) is 6.12. The van der Waals surface area contributed by atoms with Crippen molar-refractivity contribution < 1.29 is 27.3 Å². The minimum Gasteiger partial charge on any atom is -0.480 e.